The molecule has 0 saturated heterocycles. The van der Waals surface area contributed by atoms with Crippen molar-refractivity contribution in [3.05, 3.63) is 284 Å². The van der Waals surface area contributed by atoms with Crippen LogP contribution >= 0.6 is 0 Å². The highest BCUT2D eigenvalue weighted by molar-refractivity contribution is 6.22. The van der Waals surface area contributed by atoms with Gasteiger partial charge in [0.1, 0.15) is 0 Å². The summed E-state index contributed by atoms with van der Waals surface area (Å²) in [7, 11) is 0. The summed E-state index contributed by atoms with van der Waals surface area (Å²) in [5.41, 5.74) is 19.1. The zero-order chi connectivity index (χ0) is 45.9. The average molecular weight is 878 g/mol. The van der Waals surface area contributed by atoms with Crippen LogP contribution < -0.4 is 4.90 Å². The third-order valence-corrected chi connectivity index (χ3v) is 14.7. The van der Waals surface area contributed by atoms with Gasteiger partial charge in [-0.2, -0.15) is 0 Å². The van der Waals surface area contributed by atoms with E-state index in [-0.39, 0.29) is 0 Å². The van der Waals surface area contributed by atoms with E-state index in [1.165, 1.54) is 105 Å². The summed E-state index contributed by atoms with van der Waals surface area (Å²) in [6, 6.07) is 98.4. The van der Waals surface area contributed by atoms with Crippen LogP contribution in [0.5, 0.6) is 0 Å². The van der Waals surface area contributed by atoms with E-state index >= 15 is 0 Å². The van der Waals surface area contributed by atoms with Crippen molar-refractivity contribution in [3.8, 4) is 55.6 Å². The van der Waals surface area contributed by atoms with Gasteiger partial charge in [-0.1, -0.05) is 237 Å². The van der Waals surface area contributed by atoms with Crippen LogP contribution in [0, 0.1) is 0 Å². The first-order valence-electron chi connectivity index (χ1n) is 24.0. The average Bonchev–Trinajstić information content (AvgIpc) is 3.70. The molecule has 1 aliphatic rings. The molecule has 69 heavy (non-hydrogen) atoms. The predicted molar refractivity (Wildman–Crippen MR) is 293 cm³/mol. The SMILES string of the molecule is CC1(c2ccccc2)c2ccccc2-c2cccc(N(c3ccc(-c4ccc(-c5cccc6ccccc56)cc4)cc3)c3ccc4c(c3)c(-c3ccccc3)c(-c3ccccc3)c3ccccc34)c21. The molecule has 0 radical (unpaired) electrons. The maximum Gasteiger partial charge on any atom is 0.0512 e. The summed E-state index contributed by atoms with van der Waals surface area (Å²) in [6.45, 7) is 2.42. The first-order chi connectivity index (χ1) is 34.1. The fraction of sp³-hybridized carbons (Fsp3) is 0.0294. The van der Waals surface area contributed by atoms with Crippen LogP contribution in [-0.2, 0) is 5.41 Å². The van der Waals surface area contributed by atoms with Gasteiger partial charge in [-0.25, -0.2) is 0 Å². The zero-order valence-electron chi connectivity index (χ0n) is 38.4. The van der Waals surface area contributed by atoms with Crippen molar-refractivity contribution < 1.29 is 0 Å². The van der Waals surface area contributed by atoms with Gasteiger partial charge in [-0.05, 0) is 142 Å². The number of hydrogen-bond acceptors (Lipinski definition) is 1. The van der Waals surface area contributed by atoms with E-state index < -0.39 is 5.41 Å². The first kappa shape index (κ1) is 40.5. The highest BCUT2D eigenvalue weighted by atomic mass is 15.1. The third kappa shape index (κ3) is 6.61. The van der Waals surface area contributed by atoms with Crippen LogP contribution in [0.2, 0.25) is 0 Å². The van der Waals surface area contributed by atoms with Gasteiger partial charge in [0.05, 0.1) is 5.69 Å². The maximum absolute atomic E-state index is 2.52. The third-order valence-electron chi connectivity index (χ3n) is 14.7. The minimum Gasteiger partial charge on any atom is -0.310 e. The van der Waals surface area contributed by atoms with Crippen molar-refractivity contribution in [2.75, 3.05) is 4.90 Å². The monoisotopic (exact) mass is 877 g/mol. The summed E-state index contributed by atoms with van der Waals surface area (Å²) >= 11 is 0. The maximum atomic E-state index is 2.52. The second-order valence-corrected chi connectivity index (χ2v) is 18.5. The van der Waals surface area contributed by atoms with Crippen LogP contribution in [0.15, 0.2) is 267 Å². The molecule has 0 N–H and O–H groups in total. The fourth-order valence-corrected chi connectivity index (χ4v) is 11.5. The van der Waals surface area contributed by atoms with Crippen LogP contribution in [0.3, 0.4) is 0 Å². The number of fused-ring (bicyclic) bond motifs is 7. The van der Waals surface area contributed by atoms with E-state index in [4.69, 9.17) is 0 Å². The van der Waals surface area contributed by atoms with Crippen molar-refractivity contribution in [1.82, 2.24) is 0 Å². The Balaban J connectivity index is 1.04. The number of rotatable bonds is 8. The van der Waals surface area contributed by atoms with E-state index in [2.05, 4.69) is 279 Å². The zero-order valence-corrected chi connectivity index (χ0v) is 38.4. The minimum atomic E-state index is -0.420. The topological polar surface area (TPSA) is 3.24 Å². The Morgan fingerprint density at radius 2 is 0.797 bits per heavy atom. The second kappa shape index (κ2) is 16.5. The molecule has 324 valence electrons. The Morgan fingerprint density at radius 1 is 0.304 bits per heavy atom. The van der Waals surface area contributed by atoms with Crippen molar-refractivity contribution in [2.45, 2.75) is 12.3 Å². The fourth-order valence-electron chi connectivity index (χ4n) is 11.5. The lowest BCUT2D eigenvalue weighted by molar-refractivity contribution is 0.714. The first-order valence-corrected chi connectivity index (χ1v) is 24.0. The smallest absolute Gasteiger partial charge is 0.0512 e. The van der Waals surface area contributed by atoms with Gasteiger partial charge in [-0.15, -0.1) is 0 Å². The summed E-state index contributed by atoms with van der Waals surface area (Å²) in [5.74, 6) is 0. The number of hydrogen-bond donors (Lipinski definition) is 0. The van der Waals surface area contributed by atoms with E-state index in [0.717, 1.165) is 17.1 Å². The largest absolute Gasteiger partial charge is 0.310 e. The molecule has 0 heterocycles. The number of benzene rings is 12. The van der Waals surface area contributed by atoms with E-state index in [0.29, 0.717) is 0 Å². The molecule has 0 aliphatic heterocycles. The van der Waals surface area contributed by atoms with E-state index in [1.807, 2.05) is 0 Å². The molecular formula is C68H47N. The van der Waals surface area contributed by atoms with Gasteiger partial charge in [-0.3, -0.25) is 0 Å². The molecule has 1 unspecified atom stereocenters. The lowest BCUT2D eigenvalue weighted by atomic mass is 9.73. The van der Waals surface area contributed by atoms with E-state index in [9.17, 15) is 0 Å². The highest BCUT2D eigenvalue weighted by Gasteiger charge is 2.43. The van der Waals surface area contributed by atoms with Gasteiger partial charge in [0, 0.05) is 16.8 Å². The van der Waals surface area contributed by atoms with Gasteiger partial charge in [0.2, 0.25) is 0 Å². The lowest BCUT2D eigenvalue weighted by Crippen LogP contribution is -2.25. The molecule has 0 bridgehead atoms. The van der Waals surface area contributed by atoms with Crippen LogP contribution in [0.4, 0.5) is 17.1 Å². The minimum absolute atomic E-state index is 0.420. The van der Waals surface area contributed by atoms with Gasteiger partial charge in [0.25, 0.3) is 0 Å². The molecule has 1 nitrogen and oxygen atoms in total. The molecule has 0 amide bonds. The molecule has 12 aromatic carbocycles. The second-order valence-electron chi connectivity index (χ2n) is 18.5. The summed E-state index contributed by atoms with van der Waals surface area (Å²) in [5, 5.41) is 7.46. The standard InChI is InChI=1S/C68H47N/c1-68(52-25-9-4-10-26-52)63-33-16-15-29-59(63)61-32-18-34-64(67(61)68)69(53-41-39-47(40-42-53)46-35-37-49(38-36-46)56-31-17-24-48-19-11-12-27-55(48)56)54-43-44-58-57-28-13-14-30-60(57)65(50-20-5-2-6-21-50)66(62(58)45-54)51-22-7-3-8-23-51/h2-45H,1H3. The molecule has 1 aliphatic carbocycles. The van der Waals surface area contributed by atoms with Crippen molar-refractivity contribution in [1.29, 1.82) is 0 Å². The predicted octanol–water partition coefficient (Wildman–Crippen LogP) is 18.6. The molecule has 0 saturated carbocycles. The Labute approximate surface area is 403 Å². The summed E-state index contributed by atoms with van der Waals surface area (Å²) in [4.78, 5) is 2.52. The number of anilines is 3. The van der Waals surface area contributed by atoms with Crippen LogP contribution in [0.25, 0.3) is 88.0 Å². The Hall–Kier alpha value is -8.78. The highest BCUT2D eigenvalue weighted by Crippen LogP contribution is 2.57. The van der Waals surface area contributed by atoms with Crippen molar-refractivity contribution in [2.24, 2.45) is 0 Å². The van der Waals surface area contributed by atoms with Gasteiger partial charge < -0.3 is 4.90 Å². The molecule has 0 spiro atoms. The molecular weight excluding hydrogens is 831 g/mol. The Bertz CT molecular complexity index is 3870. The summed E-state index contributed by atoms with van der Waals surface area (Å²) in [6.07, 6.45) is 0. The quantitative estimate of drug-likeness (QED) is 0.138. The summed E-state index contributed by atoms with van der Waals surface area (Å²) < 4.78 is 0. The van der Waals surface area contributed by atoms with Crippen LogP contribution in [0.1, 0.15) is 23.6 Å². The van der Waals surface area contributed by atoms with Crippen molar-refractivity contribution >= 4 is 49.4 Å². The van der Waals surface area contributed by atoms with Gasteiger partial charge in [0.15, 0.2) is 0 Å². The molecule has 13 rings (SSSR count). The molecule has 1 atom stereocenters. The van der Waals surface area contributed by atoms with Crippen LogP contribution in [-0.4, -0.2) is 0 Å². The lowest BCUT2D eigenvalue weighted by Gasteiger charge is -2.35. The Kier molecular flexibility index (Phi) is 9.70. The number of nitrogens with zero attached hydrogens (tertiary/aromatic N) is 1. The van der Waals surface area contributed by atoms with Crippen molar-refractivity contribution in [3.63, 3.8) is 0 Å². The molecule has 0 fully saturated rings. The molecule has 12 aromatic rings. The molecule has 0 aromatic heterocycles. The Morgan fingerprint density at radius 3 is 1.52 bits per heavy atom. The van der Waals surface area contributed by atoms with Gasteiger partial charge >= 0.3 is 0 Å². The van der Waals surface area contributed by atoms with E-state index in [1.54, 1.807) is 0 Å². The molecule has 1 heteroatoms. The normalized spacial score (nSPS) is 13.9.